The maximum Gasteiger partial charge on any atom is 0.176 e. The molecule has 8 nitrogen and oxygen atoms in total. The topological polar surface area (TPSA) is 100 Å². The van der Waals surface area contributed by atoms with Crippen LogP contribution in [0.3, 0.4) is 0 Å². The molecule has 102 valence electrons. The number of aryl methyl sites for hydroxylation is 1. The number of rotatable bonds is 4. The highest BCUT2D eigenvalue weighted by Gasteiger charge is 2.14. The Morgan fingerprint density at radius 2 is 2.00 bits per heavy atom. The van der Waals surface area contributed by atoms with Gasteiger partial charge in [-0.25, -0.2) is 0 Å². The molecule has 8 heteroatoms. The van der Waals surface area contributed by atoms with Gasteiger partial charge in [0.2, 0.25) is 0 Å². The summed E-state index contributed by atoms with van der Waals surface area (Å²) in [7, 11) is 1.72. The second-order valence-corrected chi connectivity index (χ2v) is 4.40. The van der Waals surface area contributed by atoms with Gasteiger partial charge in [0, 0.05) is 6.42 Å². The lowest BCUT2D eigenvalue weighted by Crippen LogP contribution is -2.15. The van der Waals surface area contributed by atoms with Crippen LogP contribution in [0.15, 0.2) is 36.5 Å². The third-order valence-electron chi connectivity index (χ3n) is 2.83. The van der Waals surface area contributed by atoms with E-state index in [1.54, 1.807) is 18.0 Å². The quantitative estimate of drug-likeness (QED) is 0.718. The van der Waals surface area contributed by atoms with Crippen LogP contribution in [-0.4, -0.2) is 35.2 Å². The summed E-state index contributed by atoms with van der Waals surface area (Å²) >= 11 is 0. The largest absolute Gasteiger partial charge is 0.322 e. The Labute approximate surface area is 115 Å². The average Bonchev–Trinajstić information content (AvgIpc) is 3.09. The zero-order valence-corrected chi connectivity index (χ0v) is 11.0. The van der Waals surface area contributed by atoms with Crippen molar-refractivity contribution in [2.45, 2.75) is 12.5 Å². The standard InChI is InChI=1S/C12H14N8/c1-19-17-12(15-18-19)7-10(13)11-8-14-20(16-11)9-5-3-2-4-6-9/h2-6,8,10H,7,13H2,1H3. The number of benzene rings is 1. The average molecular weight is 270 g/mol. The van der Waals surface area contributed by atoms with E-state index in [1.165, 1.54) is 4.80 Å². The number of tetrazole rings is 1. The van der Waals surface area contributed by atoms with E-state index in [4.69, 9.17) is 5.73 Å². The van der Waals surface area contributed by atoms with Crippen LogP contribution in [0.2, 0.25) is 0 Å². The van der Waals surface area contributed by atoms with Gasteiger partial charge in [0.15, 0.2) is 5.82 Å². The van der Waals surface area contributed by atoms with Crippen molar-refractivity contribution >= 4 is 0 Å². The summed E-state index contributed by atoms with van der Waals surface area (Å²) in [6.07, 6.45) is 2.13. The van der Waals surface area contributed by atoms with Gasteiger partial charge in [-0.2, -0.15) is 19.8 Å². The molecule has 3 aromatic rings. The molecular weight excluding hydrogens is 256 g/mol. The number of hydrogen-bond donors (Lipinski definition) is 1. The molecule has 0 amide bonds. The van der Waals surface area contributed by atoms with Gasteiger partial charge in [0.25, 0.3) is 0 Å². The first-order valence-corrected chi connectivity index (χ1v) is 6.18. The summed E-state index contributed by atoms with van der Waals surface area (Å²) in [6, 6.07) is 9.36. The van der Waals surface area contributed by atoms with Crippen LogP contribution in [0.5, 0.6) is 0 Å². The molecule has 1 aromatic carbocycles. The fourth-order valence-electron chi connectivity index (χ4n) is 1.84. The Balaban J connectivity index is 1.76. The van der Waals surface area contributed by atoms with Crippen LogP contribution >= 0.6 is 0 Å². The molecule has 2 heterocycles. The monoisotopic (exact) mass is 270 g/mol. The van der Waals surface area contributed by atoms with Gasteiger partial charge in [-0.05, 0) is 17.3 Å². The fourth-order valence-corrected chi connectivity index (χ4v) is 1.84. The molecule has 0 saturated heterocycles. The molecule has 1 atom stereocenters. The first kappa shape index (κ1) is 12.4. The zero-order valence-electron chi connectivity index (χ0n) is 11.0. The zero-order chi connectivity index (χ0) is 13.9. The van der Waals surface area contributed by atoms with E-state index in [0.717, 1.165) is 5.69 Å². The second kappa shape index (κ2) is 5.17. The van der Waals surface area contributed by atoms with Crippen LogP contribution in [-0.2, 0) is 13.5 Å². The van der Waals surface area contributed by atoms with E-state index in [1.807, 2.05) is 30.3 Å². The molecule has 0 spiro atoms. The summed E-state index contributed by atoms with van der Waals surface area (Å²) < 4.78 is 0. The Hall–Kier alpha value is -2.61. The van der Waals surface area contributed by atoms with E-state index >= 15 is 0 Å². The summed E-state index contributed by atoms with van der Waals surface area (Å²) in [6.45, 7) is 0. The minimum Gasteiger partial charge on any atom is -0.322 e. The van der Waals surface area contributed by atoms with Crippen LogP contribution in [0, 0.1) is 0 Å². The third kappa shape index (κ3) is 2.54. The number of hydrogen-bond acceptors (Lipinski definition) is 6. The van der Waals surface area contributed by atoms with Crippen LogP contribution in [0.4, 0.5) is 0 Å². The summed E-state index contributed by atoms with van der Waals surface area (Å²) in [4.78, 5) is 2.96. The lowest BCUT2D eigenvalue weighted by molar-refractivity contribution is 0.617. The van der Waals surface area contributed by atoms with Crippen molar-refractivity contribution in [3.63, 3.8) is 0 Å². The predicted octanol–water partition coefficient (Wildman–Crippen LogP) is 0.0333. The minimum atomic E-state index is -0.309. The fraction of sp³-hybridized carbons (Fsp3) is 0.250. The van der Waals surface area contributed by atoms with Crippen LogP contribution < -0.4 is 5.73 Å². The molecule has 0 radical (unpaired) electrons. The Kier molecular flexibility index (Phi) is 3.21. The second-order valence-electron chi connectivity index (χ2n) is 4.40. The van der Waals surface area contributed by atoms with Crippen molar-refractivity contribution in [2.75, 3.05) is 0 Å². The molecule has 0 fully saturated rings. The predicted molar refractivity (Wildman–Crippen MR) is 70.8 cm³/mol. The van der Waals surface area contributed by atoms with Gasteiger partial charge in [-0.1, -0.05) is 18.2 Å². The molecule has 2 aromatic heterocycles. The SMILES string of the molecule is Cn1nnc(CC(N)c2cnn(-c3ccccc3)n2)n1. The maximum absolute atomic E-state index is 6.09. The van der Waals surface area contributed by atoms with E-state index in [2.05, 4.69) is 25.6 Å². The Morgan fingerprint density at radius 3 is 2.70 bits per heavy atom. The molecule has 0 aliphatic carbocycles. The van der Waals surface area contributed by atoms with Gasteiger partial charge < -0.3 is 5.73 Å². The normalized spacial score (nSPS) is 12.5. The van der Waals surface area contributed by atoms with Crippen LogP contribution in [0.25, 0.3) is 5.69 Å². The highest BCUT2D eigenvalue weighted by molar-refractivity contribution is 5.28. The van der Waals surface area contributed by atoms with Crippen molar-refractivity contribution in [1.82, 2.24) is 35.2 Å². The Morgan fingerprint density at radius 1 is 1.20 bits per heavy atom. The third-order valence-corrected chi connectivity index (χ3v) is 2.83. The molecular formula is C12H14N8. The smallest absolute Gasteiger partial charge is 0.176 e. The first-order chi connectivity index (χ1) is 9.72. The van der Waals surface area contributed by atoms with Gasteiger partial charge in [0.05, 0.1) is 25.0 Å². The van der Waals surface area contributed by atoms with Crippen molar-refractivity contribution in [3.8, 4) is 5.69 Å². The minimum absolute atomic E-state index is 0.309. The van der Waals surface area contributed by atoms with E-state index in [9.17, 15) is 0 Å². The van der Waals surface area contributed by atoms with Gasteiger partial charge in [-0.15, -0.1) is 10.2 Å². The lowest BCUT2D eigenvalue weighted by Gasteiger charge is -2.04. The molecule has 2 N–H and O–H groups in total. The van der Waals surface area contributed by atoms with Crippen LogP contribution in [0.1, 0.15) is 17.6 Å². The molecule has 0 aliphatic heterocycles. The summed E-state index contributed by atoms with van der Waals surface area (Å²) in [5, 5.41) is 20.4. The summed E-state index contributed by atoms with van der Waals surface area (Å²) in [5.74, 6) is 0.592. The number of nitrogens with two attached hydrogens (primary N) is 1. The maximum atomic E-state index is 6.09. The van der Waals surface area contributed by atoms with Gasteiger partial charge >= 0.3 is 0 Å². The molecule has 0 saturated carbocycles. The first-order valence-electron chi connectivity index (χ1n) is 6.18. The number of para-hydroxylation sites is 1. The highest BCUT2D eigenvalue weighted by Crippen LogP contribution is 2.12. The Bertz CT molecular complexity index is 686. The van der Waals surface area contributed by atoms with E-state index < -0.39 is 0 Å². The van der Waals surface area contributed by atoms with Crippen molar-refractivity contribution < 1.29 is 0 Å². The molecule has 1 unspecified atom stereocenters. The molecule has 3 rings (SSSR count). The van der Waals surface area contributed by atoms with Gasteiger partial charge in [-0.3, -0.25) is 0 Å². The molecule has 0 bridgehead atoms. The van der Waals surface area contributed by atoms with E-state index in [0.29, 0.717) is 17.9 Å². The van der Waals surface area contributed by atoms with Crippen molar-refractivity contribution in [1.29, 1.82) is 0 Å². The molecule has 20 heavy (non-hydrogen) atoms. The molecule has 0 aliphatic rings. The summed E-state index contributed by atoms with van der Waals surface area (Å²) in [5.41, 5.74) is 7.68. The lowest BCUT2D eigenvalue weighted by atomic mass is 10.1. The van der Waals surface area contributed by atoms with Gasteiger partial charge in [0.1, 0.15) is 5.69 Å². The number of aromatic nitrogens is 7. The van der Waals surface area contributed by atoms with Crippen molar-refractivity contribution in [3.05, 3.63) is 48.0 Å². The van der Waals surface area contributed by atoms with E-state index in [-0.39, 0.29) is 6.04 Å². The highest BCUT2D eigenvalue weighted by atomic mass is 15.6. The number of nitrogens with zero attached hydrogens (tertiary/aromatic N) is 7. The van der Waals surface area contributed by atoms with Crippen molar-refractivity contribution in [2.24, 2.45) is 12.8 Å².